The third-order valence-electron chi connectivity index (χ3n) is 3.46. The summed E-state index contributed by atoms with van der Waals surface area (Å²) >= 11 is 3.61. The average molecular weight is 283 g/mol. The van der Waals surface area contributed by atoms with Crippen LogP contribution in [-0.4, -0.2) is 13.1 Å². The summed E-state index contributed by atoms with van der Waals surface area (Å²) in [7, 11) is 0. The monoisotopic (exact) mass is 282 g/mol. The van der Waals surface area contributed by atoms with Crippen molar-refractivity contribution in [3.8, 4) is 0 Å². The minimum Gasteiger partial charge on any atom is -0.398 e. The van der Waals surface area contributed by atoms with Gasteiger partial charge in [-0.25, -0.2) is 0 Å². The van der Waals surface area contributed by atoms with Gasteiger partial charge in [-0.15, -0.1) is 0 Å². The van der Waals surface area contributed by atoms with Crippen molar-refractivity contribution in [1.29, 1.82) is 0 Å². The lowest BCUT2D eigenvalue weighted by Crippen LogP contribution is -2.33. The molecule has 1 saturated heterocycles. The van der Waals surface area contributed by atoms with Gasteiger partial charge in [0.2, 0.25) is 0 Å². The third kappa shape index (κ3) is 2.34. The molecule has 0 spiro atoms. The second-order valence-electron chi connectivity index (χ2n) is 4.83. The Morgan fingerprint density at radius 1 is 1.31 bits per heavy atom. The number of nitrogens with zero attached hydrogens (tertiary/aromatic N) is 1. The minimum absolute atomic E-state index is 0.862. The zero-order valence-corrected chi connectivity index (χ0v) is 11.5. The van der Waals surface area contributed by atoms with Gasteiger partial charge in [-0.1, -0.05) is 6.92 Å². The number of rotatable bonds is 1. The molecule has 0 saturated carbocycles. The number of hydrogen-bond acceptors (Lipinski definition) is 2. The van der Waals surface area contributed by atoms with Gasteiger partial charge in [0.15, 0.2) is 0 Å². The number of halogens is 1. The zero-order chi connectivity index (χ0) is 11.7. The standard InChI is InChI=1S/C13H19BrN2/c1-9-3-5-16(6-4-9)13-7-10(2)12(15)8-11(13)14/h7-9H,3-6,15H2,1-2H3. The maximum absolute atomic E-state index is 5.89. The van der Waals surface area contributed by atoms with Gasteiger partial charge in [0.1, 0.15) is 0 Å². The van der Waals surface area contributed by atoms with Gasteiger partial charge in [-0.3, -0.25) is 0 Å². The van der Waals surface area contributed by atoms with E-state index < -0.39 is 0 Å². The highest BCUT2D eigenvalue weighted by Gasteiger charge is 2.18. The quantitative estimate of drug-likeness (QED) is 0.798. The van der Waals surface area contributed by atoms with E-state index in [-0.39, 0.29) is 0 Å². The van der Waals surface area contributed by atoms with Crippen molar-refractivity contribution in [1.82, 2.24) is 0 Å². The smallest absolute Gasteiger partial charge is 0.0514 e. The number of benzene rings is 1. The van der Waals surface area contributed by atoms with Crippen LogP contribution in [0, 0.1) is 12.8 Å². The van der Waals surface area contributed by atoms with Crippen molar-refractivity contribution in [3.05, 3.63) is 22.2 Å². The highest BCUT2D eigenvalue weighted by atomic mass is 79.9. The van der Waals surface area contributed by atoms with Gasteiger partial charge >= 0.3 is 0 Å². The third-order valence-corrected chi connectivity index (χ3v) is 4.09. The Morgan fingerprint density at radius 2 is 1.94 bits per heavy atom. The Hall–Kier alpha value is -0.700. The van der Waals surface area contributed by atoms with E-state index in [0.29, 0.717) is 0 Å². The molecule has 1 aromatic carbocycles. The van der Waals surface area contributed by atoms with Crippen LogP contribution in [0.5, 0.6) is 0 Å². The van der Waals surface area contributed by atoms with Crippen LogP contribution >= 0.6 is 15.9 Å². The SMILES string of the molecule is Cc1cc(N2CCC(C)CC2)c(Br)cc1N. The average Bonchev–Trinajstić information content (AvgIpc) is 2.25. The maximum Gasteiger partial charge on any atom is 0.0514 e. The summed E-state index contributed by atoms with van der Waals surface area (Å²) in [6.07, 6.45) is 2.58. The molecule has 0 unspecified atom stereocenters. The minimum atomic E-state index is 0.862. The zero-order valence-electron chi connectivity index (χ0n) is 9.96. The van der Waals surface area contributed by atoms with Crippen LogP contribution in [0.25, 0.3) is 0 Å². The fourth-order valence-electron chi connectivity index (χ4n) is 2.17. The molecule has 1 heterocycles. The van der Waals surface area contributed by atoms with Gasteiger partial charge in [0.05, 0.1) is 5.69 Å². The predicted octanol–water partition coefficient (Wildman–Crippen LogP) is 3.58. The van der Waals surface area contributed by atoms with Crippen LogP contribution in [-0.2, 0) is 0 Å². The molecular formula is C13H19BrN2. The van der Waals surface area contributed by atoms with Crippen molar-refractivity contribution in [2.75, 3.05) is 23.7 Å². The Bertz CT molecular complexity index is 382. The summed E-state index contributed by atoms with van der Waals surface area (Å²) in [6, 6.07) is 4.21. The van der Waals surface area contributed by atoms with Crippen LogP contribution in [0.15, 0.2) is 16.6 Å². The number of aryl methyl sites for hydroxylation is 1. The molecule has 1 fully saturated rings. The molecule has 0 bridgehead atoms. The highest BCUT2D eigenvalue weighted by molar-refractivity contribution is 9.10. The molecule has 2 nitrogen and oxygen atoms in total. The molecule has 3 heteroatoms. The van der Waals surface area contributed by atoms with E-state index in [4.69, 9.17) is 5.73 Å². The number of anilines is 2. The molecule has 2 N–H and O–H groups in total. The van der Waals surface area contributed by atoms with E-state index in [1.54, 1.807) is 0 Å². The van der Waals surface area contributed by atoms with Crippen molar-refractivity contribution in [2.45, 2.75) is 26.7 Å². The Morgan fingerprint density at radius 3 is 2.56 bits per heavy atom. The topological polar surface area (TPSA) is 29.3 Å². The lowest BCUT2D eigenvalue weighted by atomic mass is 9.98. The first-order valence-corrected chi connectivity index (χ1v) is 6.68. The normalized spacial score (nSPS) is 17.8. The van der Waals surface area contributed by atoms with Crippen LogP contribution in [0.3, 0.4) is 0 Å². The fraction of sp³-hybridized carbons (Fsp3) is 0.538. The van der Waals surface area contributed by atoms with E-state index >= 15 is 0 Å². The highest BCUT2D eigenvalue weighted by Crippen LogP contribution is 2.33. The maximum atomic E-state index is 5.89. The van der Waals surface area contributed by atoms with E-state index in [1.807, 2.05) is 6.07 Å². The van der Waals surface area contributed by atoms with E-state index in [2.05, 4.69) is 40.7 Å². The fourth-order valence-corrected chi connectivity index (χ4v) is 2.79. The van der Waals surface area contributed by atoms with Crippen LogP contribution in [0.2, 0.25) is 0 Å². The Kier molecular flexibility index (Phi) is 3.43. The first-order valence-electron chi connectivity index (χ1n) is 5.88. The number of hydrogen-bond donors (Lipinski definition) is 1. The molecule has 0 aliphatic carbocycles. The van der Waals surface area contributed by atoms with Gasteiger partial charge in [-0.2, -0.15) is 0 Å². The van der Waals surface area contributed by atoms with Crippen molar-refractivity contribution in [3.63, 3.8) is 0 Å². The molecule has 1 aliphatic heterocycles. The second kappa shape index (κ2) is 4.66. The van der Waals surface area contributed by atoms with Crippen LogP contribution in [0.1, 0.15) is 25.3 Å². The number of nitrogens with two attached hydrogens (primary N) is 1. The summed E-state index contributed by atoms with van der Waals surface area (Å²) in [4.78, 5) is 2.45. The molecule has 0 amide bonds. The molecule has 0 radical (unpaired) electrons. The largest absolute Gasteiger partial charge is 0.398 e. The van der Waals surface area contributed by atoms with Gasteiger partial charge in [0.25, 0.3) is 0 Å². The number of nitrogen functional groups attached to an aromatic ring is 1. The number of piperidine rings is 1. The summed E-state index contributed by atoms with van der Waals surface area (Å²) in [5.74, 6) is 0.866. The molecule has 2 rings (SSSR count). The summed E-state index contributed by atoms with van der Waals surface area (Å²) in [5, 5.41) is 0. The van der Waals surface area contributed by atoms with E-state index in [1.165, 1.54) is 18.5 Å². The molecule has 0 atom stereocenters. The lowest BCUT2D eigenvalue weighted by Gasteiger charge is -2.33. The van der Waals surface area contributed by atoms with Gasteiger partial charge in [-0.05, 0) is 59.3 Å². The van der Waals surface area contributed by atoms with Crippen molar-refractivity contribution >= 4 is 27.3 Å². The molecular weight excluding hydrogens is 264 g/mol. The molecule has 1 aliphatic rings. The first-order chi connectivity index (χ1) is 7.58. The van der Waals surface area contributed by atoms with E-state index in [9.17, 15) is 0 Å². The van der Waals surface area contributed by atoms with Crippen molar-refractivity contribution < 1.29 is 0 Å². The van der Waals surface area contributed by atoms with E-state index in [0.717, 1.165) is 34.7 Å². The Balaban J connectivity index is 2.23. The molecule has 1 aromatic rings. The van der Waals surface area contributed by atoms with Gasteiger partial charge in [0, 0.05) is 23.2 Å². The summed E-state index contributed by atoms with van der Waals surface area (Å²) < 4.78 is 1.12. The molecule has 88 valence electrons. The second-order valence-corrected chi connectivity index (χ2v) is 5.68. The predicted molar refractivity (Wildman–Crippen MR) is 73.9 cm³/mol. The van der Waals surface area contributed by atoms with Gasteiger partial charge < -0.3 is 10.6 Å². The van der Waals surface area contributed by atoms with Crippen molar-refractivity contribution in [2.24, 2.45) is 5.92 Å². The Labute approximate surface area is 106 Å². The first kappa shape index (κ1) is 11.8. The molecule has 0 aromatic heterocycles. The van der Waals surface area contributed by atoms with Crippen LogP contribution in [0.4, 0.5) is 11.4 Å². The van der Waals surface area contributed by atoms with Crippen LogP contribution < -0.4 is 10.6 Å². The molecule has 16 heavy (non-hydrogen) atoms. The lowest BCUT2D eigenvalue weighted by molar-refractivity contribution is 0.438. The summed E-state index contributed by atoms with van der Waals surface area (Å²) in [6.45, 7) is 6.71. The summed E-state index contributed by atoms with van der Waals surface area (Å²) in [5.41, 5.74) is 9.21.